The highest BCUT2D eigenvalue weighted by Gasteiger charge is 2.04. The van der Waals surface area contributed by atoms with E-state index in [0.717, 1.165) is 19.3 Å². The minimum atomic E-state index is 0.427. The molecule has 0 fully saturated rings. The standard InChI is InChI=1S/C9H17N3O2/c1-2-13-7-8-11-9(14-12-8)5-3-4-6-10/h2-7,10H2,1H3. The molecule has 1 aromatic rings. The zero-order chi connectivity index (χ0) is 10.2. The summed E-state index contributed by atoms with van der Waals surface area (Å²) in [6.45, 7) is 3.73. The molecule has 1 aromatic heterocycles. The first-order chi connectivity index (χ1) is 6.86. The topological polar surface area (TPSA) is 74.2 Å². The zero-order valence-electron chi connectivity index (χ0n) is 8.53. The van der Waals surface area contributed by atoms with E-state index in [9.17, 15) is 0 Å². The average molecular weight is 199 g/mol. The van der Waals surface area contributed by atoms with Gasteiger partial charge in [0.2, 0.25) is 5.89 Å². The maximum Gasteiger partial charge on any atom is 0.226 e. The molecule has 0 bridgehead atoms. The number of nitrogens with zero attached hydrogens (tertiary/aromatic N) is 2. The predicted molar refractivity (Wildman–Crippen MR) is 51.6 cm³/mol. The highest BCUT2D eigenvalue weighted by Crippen LogP contribution is 2.03. The lowest BCUT2D eigenvalue weighted by molar-refractivity contribution is 0.126. The van der Waals surface area contributed by atoms with Gasteiger partial charge in [-0.15, -0.1) is 0 Å². The Balaban J connectivity index is 2.27. The molecular weight excluding hydrogens is 182 g/mol. The first-order valence-electron chi connectivity index (χ1n) is 4.96. The van der Waals surface area contributed by atoms with Gasteiger partial charge in [0, 0.05) is 13.0 Å². The molecule has 0 aromatic carbocycles. The number of aromatic nitrogens is 2. The molecule has 0 aliphatic carbocycles. The number of aryl methyl sites for hydroxylation is 1. The van der Waals surface area contributed by atoms with Gasteiger partial charge in [0.1, 0.15) is 6.61 Å². The van der Waals surface area contributed by atoms with E-state index in [2.05, 4.69) is 10.1 Å². The normalized spacial score (nSPS) is 10.7. The van der Waals surface area contributed by atoms with Crippen molar-refractivity contribution < 1.29 is 9.26 Å². The van der Waals surface area contributed by atoms with Gasteiger partial charge in [-0.3, -0.25) is 0 Å². The molecule has 0 radical (unpaired) electrons. The molecule has 2 N–H and O–H groups in total. The molecule has 14 heavy (non-hydrogen) atoms. The lowest BCUT2D eigenvalue weighted by atomic mass is 10.2. The number of nitrogens with two attached hydrogens (primary N) is 1. The van der Waals surface area contributed by atoms with E-state index in [1.54, 1.807) is 0 Å². The zero-order valence-corrected chi connectivity index (χ0v) is 8.53. The smallest absolute Gasteiger partial charge is 0.226 e. The molecule has 1 rings (SSSR count). The second kappa shape index (κ2) is 6.50. The number of hydrogen-bond donors (Lipinski definition) is 1. The molecular formula is C9H17N3O2. The Bertz CT molecular complexity index is 250. The van der Waals surface area contributed by atoms with Crippen LogP contribution in [-0.4, -0.2) is 23.3 Å². The van der Waals surface area contributed by atoms with Crippen molar-refractivity contribution >= 4 is 0 Å². The summed E-state index contributed by atoms with van der Waals surface area (Å²) in [7, 11) is 0. The third-order valence-electron chi connectivity index (χ3n) is 1.79. The van der Waals surface area contributed by atoms with Crippen LogP contribution in [0.2, 0.25) is 0 Å². The first kappa shape index (κ1) is 11.1. The second-order valence-corrected chi connectivity index (χ2v) is 2.99. The molecule has 0 aliphatic heterocycles. The predicted octanol–water partition coefficient (Wildman–Crippen LogP) is 0.887. The van der Waals surface area contributed by atoms with Gasteiger partial charge in [-0.1, -0.05) is 5.16 Å². The van der Waals surface area contributed by atoms with E-state index in [1.807, 2.05) is 6.92 Å². The maximum atomic E-state index is 5.38. The van der Waals surface area contributed by atoms with Crippen LogP contribution in [0.4, 0.5) is 0 Å². The van der Waals surface area contributed by atoms with E-state index < -0.39 is 0 Å². The number of rotatable bonds is 7. The number of hydrogen-bond acceptors (Lipinski definition) is 5. The van der Waals surface area contributed by atoms with Gasteiger partial charge in [0.15, 0.2) is 5.82 Å². The van der Waals surface area contributed by atoms with E-state index in [-0.39, 0.29) is 0 Å². The van der Waals surface area contributed by atoms with Crippen LogP contribution in [0.1, 0.15) is 31.5 Å². The van der Waals surface area contributed by atoms with Crippen LogP contribution in [0.3, 0.4) is 0 Å². The quantitative estimate of drug-likeness (QED) is 0.660. The third kappa shape index (κ3) is 3.85. The van der Waals surface area contributed by atoms with Gasteiger partial charge < -0.3 is 15.0 Å². The van der Waals surface area contributed by atoms with Crippen LogP contribution in [0, 0.1) is 0 Å². The van der Waals surface area contributed by atoms with Gasteiger partial charge in [0.05, 0.1) is 0 Å². The van der Waals surface area contributed by atoms with Gasteiger partial charge >= 0.3 is 0 Å². The molecule has 0 unspecified atom stereocenters. The lowest BCUT2D eigenvalue weighted by Crippen LogP contribution is -1.99. The van der Waals surface area contributed by atoms with Crippen LogP contribution < -0.4 is 5.73 Å². The van der Waals surface area contributed by atoms with Crippen molar-refractivity contribution in [3.63, 3.8) is 0 Å². The van der Waals surface area contributed by atoms with Gasteiger partial charge in [0.25, 0.3) is 0 Å². The van der Waals surface area contributed by atoms with E-state index in [0.29, 0.717) is 31.5 Å². The summed E-state index contributed by atoms with van der Waals surface area (Å²) in [6, 6.07) is 0. The van der Waals surface area contributed by atoms with E-state index in [4.69, 9.17) is 15.0 Å². The Labute approximate surface area is 83.6 Å². The fourth-order valence-electron chi connectivity index (χ4n) is 1.06. The van der Waals surface area contributed by atoms with Crippen molar-refractivity contribution in [1.82, 2.24) is 10.1 Å². The molecule has 5 nitrogen and oxygen atoms in total. The average Bonchev–Trinajstić information content (AvgIpc) is 2.63. The Hall–Kier alpha value is -0.940. The van der Waals surface area contributed by atoms with Crippen molar-refractivity contribution in [3.05, 3.63) is 11.7 Å². The summed E-state index contributed by atoms with van der Waals surface area (Å²) >= 11 is 0. The van der Waals surface area contributed by atoms with Crippen LogP contribution in [-0.2, 0) is 17.8 Å². The van der Waals surface area contributed by atoms with Crippen molar-refractivity contribution in [2.45, 2.75) is 32.8 Å². The fourth-order valence-corrected chi connectivity index (χ4v) is 1.06. The monoisotopic (exact) mass is 199 g/mol. The van der Waals surface area contributed by atoms with E-state index in [1.165, 1.54) is 0 Å². The first-order valence-corrected chi connectivity index (χ1v) is 4.96. The van der Waals surface area contributed by atoms with Crippen LogP contribution >= 0.6 is 0 Å². The molecule has 5 heteroatoms. The third-order valence-corrected chi connectivity index (χ3v) is 1.79. The largest absolute Gasteiger partial charge is 0.374 e. The Kier molecular flexibility index (Phi) is 5.17. The van der Waals surface area contributed by atoms with Crippen LogP contribution in [0.15, 0.2) is 4.52 Å². The van der Waals surface area contributed by atoms with Crippen molar-refractivity contribution in [1.29, 1.82) is 0 Å². The summed E-state index contributed by atoms with van der Waals surface area (Å²) < 4.78 is 10.2. The van der Waals surface area contributed by atoms with Crippen molar-refractivity contribution in [3.8, 4) is 0 Å². The summed E-state index contributed by atoms with van der Waals surface area (Å²) in [6.07, 6.45) is 2.78. The summed E-state index contributed by atoms with van der Waals surface area (Å²) in [4.78, 5) is 4.18. The van der Waals surface area contributed by atoms with Crippen molar-refractivity contribution in [2.24, 2.45) is 5.73 Å². The molecule has 0 saturated carbocycles. The molecule has 0 saturated heterocycles. The molecule has 1 heterocycles. The maximum absolute atomic E-state index is 5.38. The minimum Gasteiger partial charge on any atom is -0.374 e. The highest BCUT2D eigenvalue weighted by molar-refractivity contribution is 4.84. The summed E-state index contributed by atoms with van der Waals surface area (Å²) in [5.41, 5.74) is 5.38. The molecule has 0 spiro atoms. The second-order valence-electron chi connectivity index (χ2n) is 2.99. The SMILES string of the molecule is CCOCc1noc(CCCCN)n1. The molecule has 0 atom stereocenters. The van der Waals surface area contributed by atoms with E-state index >= 15 is 0 Å². The number of unbranched alkanes of at least 4 members (excludes halogenated alkanes) is 1. The molecule has 0 aliphatic rings. The van der Waals surface area contributed by atoms with Crippen molar-refractivity contribution in [2.75, 3.05) is 13.2 Å². The van der Waals surface area contributed by atoms with Crippen LogP contribution in [0.25, 0.3) is 0 Å². The fraction of sp³-hybridized carbons (Fsp3) is 0.778. The Morgan fingerprint density at radius 1 is 1.43 bits per heavy atom. The van der Waals surface area contributed by atoms with Gasteiger partial charge in [-0.05, 0) is 26.3 Å². The highest BCUT2D eigenvalue weighted by atomic mass is 16.5. The summed E-state index contributed by atoms with van der Waals surface area (Å²) in [5, 5.41) is 3.79. The molecule has 80 valence electrons. The van der Waals surface area contributed by atoms with Gasteiger partial charge in [-0.25, -0.2) is 0 Å². The minimum absolute atomic E-state index is 0.427. The van der Waals surface area contributed by atoms with Gasteiger partial charge in [-0.2, -0.15) is 4.98 Å². The lowest BCUT2D eigenvalue weighted by Gasteiger charge is -1.93. The Morgan fingerprint density at radius 3 is 3.00 bits per heavy atom. The summed E-state index contributed by atoms with van der Waals surface area (Å²) in [5.74, 6) is 1.29. The Morgan fingerprint density at radius 2 is 2.29 bits per heavy atom. The van der Waals surface area contributed by atoms with Crippen LogP contribution in [0.5, 0.6) is 0 Å². The number of ether oxygens (including phenoxy) is 1. The molecule has 0 amide bonds.